The van der Waals surface area contributed by atoms with Gasteiger partial charge in [-0.05, 0) is 32.4 Å². The Morgan fingerprint density at radius 2 is 1.53 bits per heavy atom. The predicted molar refractivity (Wildman–Crippen MR) is 118 cm³/mol. The molecule has 0 fully saturated rings. The Morgan fingerprint density at radius 3 is 2.06 bits per heavy atom. The number of hydroxylamine groups is 2. The van der Waals surface area contributed by atoms with Crippen molar-refractivity contribution in [1.82, 2.24) is 5.23 Å². The van der Waals surface area contributed by atoms with Crippen molar-refractivity contribution in [2.45, 2.75) is 84.5 Å². The van der Waals surface area contributed by atoms with Gasteiger partial charge in [-0.25, -0.2) is 14.5 Å². The van der Waals surface area contributed by atoms with E-state index in [0.717, 1.165) is 32.1 Å². The Morgan fingerprint density at radius 1 is 0.938 bits per heavy atom. The standard InChI is InChI=1S/C22H43NO9/c1-8-9-10-11-12-17(2)20(25)29-16-19(15-28-7)32-23(21(26)30-22(3,4)5)31-18(13-24)14-27-6/h17-19,24H,8-16H2,1-7H3. The number of rotatable bonds is 17. The topological polar surface area (TPSA) is 113 Å². The second-order valence-electron chi connectivity index (χ2n) is 8.67. The highest BCUT2D eigenvalue weighted by Gasteiger charge is 2.30. The highest BCUT2D eigenvalue weighted by molar-refractivity contribution is 5.71. The molecule has 1 N–H and O–H groups in total. The summed E-state index contributed by atoms with van der Waals surface area (Å²) in [6.07, 6.45) is 2.42. The van der Waals surface area contributed by atoms with E-state index in [2.05, 4.69) is 6.92 Å². The summed E-state index contributed by atoms with van der Waals surface area (Å²) in [6.45, 7) is 8.50. The van der Waals surface area contributed by atoms with Crippen molar-refractivity contribution < 1.29 is 43.3 Å². The number of aliphatic hydroxyl groups is 1. The van der Waals surface area contributed by atoms with E-state index in [1.165, 1.54) is 14.2 Å². The molecule has 0 aliphatic heterocycles. The Hall–Kier alpha value is -1.46. The van der Waals surface area contributed by atoms with Gasteiger partial charge in [0.15, 0.2) is 0 Å². The fourth-order valence-corrected chi connectivity index (χ4v) is 2.59. The Balaban J connectivity index is 5.04. The molecule has 3 unspecified atom stereocenters. The van der Waals surface area contributed by atoms with Gasteiger partial charge in [-0.2, -0.15) is 0 Å². The largest absolute Gasteiger partial charge is 0.463 e. The number of hydrogen-bond acceptors (Lipinski definition) is 9. The van der Waals surface area contributed by atoms with Crippen LogP contribution in [0, 0.1) is 5.92 Å². The van der Waals surface area contributed by atoms with Crippen LogP contribution in [0.3, 0.4) is 0 Å². The zero-order valence-corrected chi connectivity index (χ0v) is 20.8. The smallest absolute Gasteiger partial charge is 0.460 e. The lowest BCUT2D eigenvalue weighted by molar-refractivity contribution is -0.383. The minimum absolute atomic E-state index is 0.0125. The molecule has 0 aromatic heterocycles. The van der Waals surface area contributed by atoms with E-state index < -0.39 is 30.5 Å². The molecule has 3 atom stereocenters. The molecule has 0 saturated heterocycles. The van der Waals surface area contributed by atoms with Gasteiger partial charge in [0.1, 0.15) is 24.4 Å². The summed E-state index contributed by atoms with van der Waals surface area (Å²) < 4.78 is 20.8. The summed E-state index contributed by atoms with van der Waals surface area (Å²) in [7, 11) is 2.88. The first-order valence-corrected chi connectivity index (χ1v) is 11.2. The highest BCUT2D eigenvalue weighted by atomic mass is 17.0. The Bertz CT molecular complexity index is 510. The maximum Gasteiger partial charge on any atom is 0.460 e. The van der Waals surface area contributed by atoms with E-state index in [-0.39, 0.29) is 31.7 Å². The van der Waals surface area contributed by atoms with Gasteiger partial charge in [0, 0.05) is 14.2 Å². The molecule has 0 radical (unpaired) electrons. The Labute approximate surface area is 192 Å². The summed E-state index contributed by atoms with van der Waals surface area (Å²) in [5, 5.41) is 10.0. The Kier molecular flexibility index (Phi) is 16.3. The minimum Gasteiger partial charge on any atom is -0.463 e. The van der Waals surface area contributed by atoms with E-state index in [9.17, 15) is 14.7 Å². The van der Waals surface area contributed by atoms with Crippen molar-refractivity contribution in [3.05, 3.63) is 0 Å². The molecule has 190 valence electrons. The zero-order valence-electron chi connectivity index (χ0n) is 20.8. The molecule has 0 bridgehead atoms. The van der Waals surface area contributed by atoms with Crippen LogP contribution in [0.5, 0.6) is 0 Å². The second-order valence-corrected chi connectivity index (χ2v) is 8.67. The third kappa shape index (κ3) is 14.6. The molecule has 1 amide bonds. The molecule has 10 heteroatoms. The molecule has 0 aliphatic rings. The van der Waals surface area contributed by atoms with E-state index in [1.807, 2.05) is 6.92 Å². The van der Waals surface area contributed by atoms with Crippen molar-refractivity contribution >= 4 is 12.1 Å². The third-order valence-electron chi connectivity index (χ3n) is 4.25. The number of hydrogen-bond donors (Lipinski definition) is 1. The van der Waals surface area contributed by atoms with Gasteiger partial charge in [0.05, 0.1) is 25.7 Å². The van der Waals surface area contributed by atoms with Crippen LogP contribution in [0.25, 0.3) is 0 Å². The highest BCUT2D eigenvalue weighted by Crippen LogP contribution is 2.15. The maximum absolute atomic E-state index is 12.6. The molecule has 32 heavy (non-hydrogen) atoms. The van der Waals surface area contributed by atoms with Gasteiger partial charge in [0.25, 0.3) is 0 Å². The predicted octanol–water partition coefficient (Wildman–Crippen LogP) is 3.26. The molecule has 0 heterocycles. The lowest BCUT2D eigenvalue weighted by Gasteiger charge is -2.30. The number of ether oxygens (including phenoxy) is 4. The van der Waals surface area contributed by atoms with Crippen LogP contribution in [0.2, 0.25) is 0 Å². The normalized spacial score (nSPS) is 14.5. The molecular weight excluding hydrogens is 422 g/mol. The molecule has 0 aromatic rings. The number of methoxy groups -OCH3 is 2. The van der Waals surface area contributed by atoms with Crippen LogP contribution in [-0.2, 0) is 33.4 Å². The van der Waals surface area contributed by atoms with E-state index >= 15 is 0 Å². The van der Waals surface area contributed by atoms with Crippen LogP contribution in [0.4, 0.5) is 4.79 Å². The van der Waals surface area contributed by atoms with Gasteiger partial charge in [-0.3, -0.25) is 4.79 Å². The monoisotopic (exact) mass is 465 g/mol. The van der Waals surface area contributed by atoms with E-state index in [4.69, 9.17) is 28.6 Å². The number of esters is 1. The van der Waals surface area contributed by atoms with Crippen LogP contribution in [-0.4, -0.2) is 80.9 Å². The van der Waals surface area contributed by atoms with Gasteiger partial charge >= 0.3 is 12.1 Å². The average molecular weight is 466 g/mol. The third-order valence-corrected chi connectivity index (χ3v) is 4.25. The second kappa shape index (κ2) is 17.1. The number of carbonyl (C=O) groups is 2. The number of amides is 1. The molecule has 0 aromatic carbocycles. The molecular formula is C22H43NO9. The number of nitrogens with zero attached hydrogens (tertiary/aromatic N) is 1. The molecule has 10 nitrogen and oxygen atoms in total. The van der Waals surface area contributed by atoms with Gasteiger partial charge in [0.2, 0.25) is 0 Å². The molecule has 0 rings (SSSR count). The molecule has 0 spiro atoms. The quantitative estimate of drug-likeness (QED) is 0.196. The minimum atomic E-state index is -0.927. The number of carbonyl (C=O) groups excluding carboxylic acids is 2. The molecule has 0 saturated carbocycles. The van der Waals surface area contributed by atoms with Crippen molar-refractivity contribution in [1.29, 1.82) is 0 Å². The zero-order chi connectivity index (χ0) is 24.6. The summed E-state index contributed by atoms with van der Waals surface area (Å²) in [5.41, 5.74) is -0.811. The van der Waals surface area contributed by atoms with Gasteiger partial charge < -0.3 is 24.1 Å². The first-order valence-electron chi connectivity index (χ1n) is 11.2. The lowest BCUT2D eigenvalue weighted by Crippen LogP contribution is -2.45. The van der Waals surface area contributed by atoms with Gasteiger partial charge in [-0.1, -0.05) is 39.5 Å². The van der Waals surface area contributed by atoms with Crippen molar-refractivity contribution in [3.63, 3.8) is 0 Å². The van der Waals surface area contributed by atoms with Crippen molar-refractivity contribution in [3.8, 4) is 0 Å². The summed E-state index contributed by atoms with van der Waals surface area (Å²) >= 11 is 0. The lowest BCUT2D eigenvalue weighted by atomic mass is 10.0. The fourth-order valence-electron chi connectivity index (χ4n) is 2.59. The average Bonchev–Trinajstić information content (AvgIpc) is 2.72. The number of unbranched alkanes of at least 4 members (excludes halogenated alkanes) is 3. The first-order chi connectivity index (χ1) is 15.1. The van der Waals surface area contributed by atoms with Crippen LogP contribution < -0.4 is 0 Å². The SMILES string of the molecule is CCCCCCC(C)C(=O)OCC(COC)ON(OC(CO)COC)C(=O)OC(C)(C)C. The molecule has 0 aliphatic carbocycles. The van der Waals surface area contributed by atoms with Gasteiger partial charge in [-0.15, -0.1) is 0 Å². The summed E-state index contributed by atoms with van der Waals surface area (Å²) in [6, 6.07) is 0. The summed E-state index contributed by atoms with van der Waals surface area (Å²) in [5.74, 6) is -0.586. The number of aliphatic hydroxyl groups excluding tert-OH is 1. The fraction of sp³-hybridized carbons (Fsp3) is 0.909. The maximum atomic E-state index is 12.6. The summed E-state index contributed by atoms with van der Waals surface area (Å²) in [4.78, 5) is 35.9. The van der Waals surface area contributed by atoms with Crippen molar-refractivity contribution in [2.24, 2.45) is 5.92 Å². The van der Waals surface area contributed by atoms with E-state index in [1.54, 1.807) is 20.8 Å². The van der Waals surface area contributed by atoms with Crippen LogP contribution in [0.15, 0.2) is 0 Å². The van der Waals surface area contributed by atoms with Crippen molar-refractivity contribution in [2.75, 3.05) is 40.6 Å². The van der Waals surface area contributed by atoms with Crippen LogP contribution >= 0.6 is 0 Å². The van der Waals surface area contributed by atoms with Crippen LogP contribution in [0.1, 0.15) is 66.7 Å². The van der Waals surface area contributed by atoms with E-state index in [0.29, 0.717) is 5.23 Å². The first kappa shape index (κ1) is 30.5.